The Bertz CT molecular complexity index is 437. The number of halogens is 1. The van der Waals surface area contributed by atoms with Crippen LogP contribution in [0.4, 0.5) is 5.69 Å². The number of nitro benzene ring substituents is 1. The molecular weight excluding hydrogens is 256 g/mol. The Balaban J connectivity index is 2.77. The van der Waals surface area contributed by atoms with Gasteiger partial charge in [-0.1, -0.05) is 13.0 Å². The lowest BCUT2D eigenvalue weighted by atomic mass is 10.1. The fraction of sp³-hybridized carbons (Fsp3) is 0.417. The number of carbonyl (C=O) groups is 1. The van der Waals surface area contributed by atoms with E-state index in [1.807, 2.05) is 6.92 Å². The molecule has 0 aliphatic rings. The van der Waals surface area contributed by atoms with Crippen LogP contribution in [-0.2, 0) is 0 Å². The number of hydrogen-bond donors (Lipinski definition) is 1. The zero-order chi connectivity index (χ0) is 13.5. The first kappa shape index (κ1) is 14.4. The average Bonchev–Trinajstić information content (AvgIpc) is 2.38. The number of nitrogens with zero attached hydrogens (tertiary/aromatic N) is 1. The summed E-state index contributed by atoms with van der Waals surface area (Å²) in [5.41, 5.74) is 0.199. The van der Waals surface area contributed by atoms with Crippen LogP contribution in [0.15, 0.2) is 24.3 Å². The summed E-state index contributed by atoms with van der Waals surface area (Å²) in [5, 5.41) is 13.4. The lowest BCUT2D eigenvalue weighted by Crippen LogP contribution is -2.34. The predicted molar refractivity (Wildman–Crippen MR) is 70.0 cm³/mol. The van der Waals surface area contributed by atoms with E-state index >= 15 is 0 Å². The second-order valence-corrected chi connectivity index (χ2v) is 4.24. The van der Waals surface area contributed by atoms with Crippen LogP contribution < -0.4 is 5.32 Å². The molecule has 0 aromatic heterocycles. The van der Waals surface area contributed by atoms with Gasteiger partial charge in [-0.2, -0.15) is 0 Å². The van der Waals surface area contributed by atoms with Crippen LogP contribution in [0.1, 0.15) is 30.1 Å². The molecule has 0 heterocycles. The summed E-state index contributed by atoms with van der Waals surface area (Å²) in [6.07, 6.45) is 1.45. The SMILES string of the molecule is CCC(CCCl)NC(=O)c1cccc([N+](=O)[O-])c1. The number of rotatable bonds is 6. The maximum absolute atomic E-state index is 11.9. The molecule has 98 valence electrons. The molecule has 1 unspecified atom stereocenters. The first-order valence-corrected chi connectivity index (χ1v) is 6.23. The van der Waals surface area contributed by atoms with Crippen LogP contribution >= 0.6 is 11.6 Å². The third-order valence-electron chi connectivity index (χ3n) is 2.60. The molecule has 0 spiro atoms. The molecule has 6 heteroatoms. The normalized spacial score (nSPS) is 11.9. The zero-order valence-electron chi connectivity index (χ0n) is 10.1. The van der Waals surface area contributed by atoms with E-state index in [1.54, 1.807) is 6.07 Å². The summed E-state index contributed by atoms with van der Waals surface area (Å²) in [5.74, 6) is 0.156. The average molecular weight is 271 g/mol. The largest absolute Gasteiger partial charge is 0.349 e. The van der Waals surface area contributed by atoms with Gasteiger partial charge in [-0.3, -0.25) is 14.9 Å². The lowest BCUT2D eigenvalue weighted by Gasteiger charge is -2.15. The van der Waals surface area contributed by atoms with E-state index in [4.69, 9.17) is 11.6 Å². The molecule has 0 aliphatic heterocycles. The molecule has 0 fully saturated rings. The molecule has 0 saturated carbocycles. The van der Waals surface area contributed by atoms with Crippen LogP contribution in [-0.4, -0.2) is 22.8 Å². The van der Waals surface area contributed by atoms with Gasteiger partial charge in [0.1, 0.15) is 0 Å². The van der Waals surface area contributed by atoms with Gasteiger partial charge in [0.05, 0.1) is 4.92 Å². The smallest absolute Gasteiger partial charge is 0.270 e. The van der Waals surface area contributed by atoms with Gasteiger partial charge in [0, 0.05) is 29.6 Å². The summed E-state index contributed by atoms with van der Waals surface area (Å²) in [6, 6.07) is 5.66. The van der Waals surface area contributed by atoms with Gasteiger partial charge in [-0.25, -0.2) is 0 Å². The highest BCUT2D eigenvalue weighted by Crippen LogP contribution is 2.13. The van der Waals surface area contributed by atoms with Crippen molar-refractivity contribution in [3.05, 3.63) is 39.9 Å². The monoisotopic (exact) mass is 270 g/mol. The van der Waals surface area contributed by atoms with Gasteiger partial charge in [0.25, 0.3) is 11.6 Å². The Morgan fingerprint density at radius 3 is 2.83 bits per heavy atom. The number of non-ortho nitro benzene ring substituents is 1. The van der Waals surface area contributed by atoms with E-state index in [-0.39, 0.29) is 23.2 Å². The molecule has 1 amide bonds. The van der Waals surface area contributed by atoms with E-state index in [1.165, 1.54) is 18.2 Å². The van der Waals surface area contributed by atoms with E-state index in [9.17, 15) is 14.9 Å². The van der Waals surface area contributed by atoms with E-state index in [0.29, 0.717) is 12.3 Å². The highest BCUT2D eigenvalue weighted by Gasteiger charge is 2.14. The lowest BCUT2D eigenvalue weighted by molar-refractivity contribution is -0.384. The van der Waals surface area contributed by atoms with Gasteiger partial charge in [0.15, 0.2) is 0 Å². The molecular formula is C12H15ClN2O3. The van der Waals surface area contributed by atoms with Crippen molar-refractivity contribution in [1.82, 2.24) is 5.32 Å². The fourth-order valence-corrected chi connectivity index (χ4v) is 1.80. The molecule has 1 aromatic carbocycles. The highest BCUT2D eigenvalue weighted by atomic mass is 35.5. The van der Waals surface area contributed by atoms with Crippen molar-refractivity contribution in [2.24, 2.45) is 0 Å². The van der Waals surface area contributed by atoms with Crippen molar-refractivity contribution in [2.75, 3.05) is 5.88 Å². The molecule has 18 heavy (non-hydrogen) atoms. The topological polar surface area (TPSA) is 72.2 Å². The first-order chi connectivity index (χ1) is 8.58. The second-order valence-electron chi connectivity index (χ2n) is 3.86. The molecule has 1 atom stereocenters. The third-order valence-corrected chi connectivity index (χ3v) is 2.82. The van der Waals surface area contributed by atoms with Crippen LogP contribution in [0, 0.1) is 10.1 Å². The zero-order valence-corrected chi connectivity index (χ0v) is 10.8. The number of nitro groups is 1. The first-order valence-electron chi connectivity index (χ1n) is 5.69. The molecule has 1 aromatic rings. The summed E-state index contributed by atoms with van der Waals surface area (Å²) in [4.78, 5) is 22.0. The fourth-order valence-electron chi connectivity index (χ4n) is 1.54. The van der Waals surface area contributed by atoms with E-state index in [0.717, 1.165) is 6.42 Å². The Labute approximate surface area is 110 Å². The number of amides is 1. The Kier molecular flexibility index (Phi) is 5.58. The van der Waals surface area contributed by atoms with Crippen molar-refractivity contribution in [1.29, 1.82) is 0 Å². The standard InChI is InChI=1S/C12H15ClN2O3/c1-2-10(6-7-13)14-12(16)9-4-3-5-11(8-9)15(17)18/h3-5,8,10H,2,6-7H2,1H3,(H,14,16). The van der Waals surface area contributed by atoms with Crippen molar-refractivity contribution in [2.45, 2.75) is 25.8 Å². The van der Waals surface area contributed by atoms with Gasteiger partial charge < -0.3 is 5.32 Å². The van der Waals surface area contributed by atoms with Crippen molar-refractivity contribution in [3.63, 3.8) is 0 Å². The number of hydrogen-bond acceptors (Lipinski definition) is 3. The summed E-state index contributed by atoms with van der Waals surface area (Å²) in [7, 11) is 0. The van der Waals surface area contributed by atoms with Crippen LogP contribution in [0.2, 0.25) is 0 Å². The number of nitrogens with one attached hydrogen (secondary N) is 1. The molecule has 1 rings (SSSR count). The highest BCUT2D eigenvalue weighted by molar-refractivity contribution is 6.17. The Morgan fingerprint density at radius 1 is 1.56 bits per heavy atom. The molecule has 0 saturated heterocycles. The van der Waals surface area contributed by atoms with Gasteiger partial charge in [0.2, 0.25) is 0 Å². The van der Waals surface area contributed by atoms with Gasteiger partial charge >= 0.3 is 0 Å². The van der Waals surface area contributed by atoms with Crippen molar-refractivity contribution in [3.8, 4) is 0 Å². The molecule has 0 radical (unpaired) electrons. The number of carbonyl (C=O) groups excluding carboxylic acids is 1. The summed E-state index contributed by atoms with van der Waals surface area (Å²) >= 11 is 5.63. The van der Waals surface area contributed by atoms with Gasteiger partial charge in [-0.15, -0.1) is 11.6 Å². The Morgan fingerprint density at radius 2 is 2.28 bits per heavy atom. The quantitative estimate of drug-likeness (QED) is 0.491. The van der Waals surface area contributed by atoms with E-state index < -0.39 is 4.92 Å². The minimum absolute atomic E-state index is 0.00531. The summed E-state index contributed by atoms with van der Waals surface area (Å²) in [6.45, 7) is 1.95. The maximum atomic E-state index is 11.9. The van der Waals surface area contributed by atoms with Crippen LogP contribution in [0.5, 0.6) is 0 Å². The number of benzene rings is 1. The second kappa shape index (κ2) is 6.96. The molecule has 0 bridgehead atoms. The molecule has 5 nitrogen and oxygen atoms in total. The van der Waals surface area contributed by atoms with Crippen molar-refractivity contribution < 1.29 is 9.72 Å². The van der Waals surface area contributed by atoms with Gasteiger partial charge in [-0.05, 0) is 18.9 Å². The maximum Gasteiger partial charge on any atom is 0.270 e. The molecule has 0 aliphatic carbocycles. The van der Waals surface area contributed by atoms with E-state index in [2.05, 4.69) is 5.32 Å². The number of alkyl halides is 1. The van der Waals surface area contributed by atoms with Crippen LogP contribution in [0.25, 0.3) is 0 Å². The predicted octanol–water partition coefficient (Wildman–Crippen LogP) is 2.73. The molecule has 1 N–H and O–H groups in total. The van der Waals surface area contributed by atoms with Crippen molar-refractivity contribution >= 4 is 23.2 Å². The Hall–Kier alpha value is -1.62. The van der Waals surface area contributed by atoms with Crippen LogP contribution in [0.3, 0.4) is 0 Å². The third kappa shape index (κ3) is 4.00. The minimum atomic E-state index is -0.521. The summed E-state index contributed by atoms with van der Waals surface area (Å²) < 4.78 is 0. The minimum Gasteiger partial charge on any atom is -0.349 e.